The number of rotatable bonds is 12. The lowest BCUT2D eigenvalue weighted by molar-refractivity contribution is -0.385. The van der Waals surface area contributed by atoms with Crippen LogP contribution in [0.3, 0.4) is 0 Å². The first-order chi connectivity index (χ1) is 27.5. The Kier molecular flexibility index (Phi) is 9.92. The maximum Gasteiger partial charge on any atom is 0.269 e. The number of aliphatic hydroxyl groups excluding tert-OH is 1. The summed E-state index contributed by atoms with van der Waals surface area (Å²) in [5, 5.41) is 31.3. The zero-order chi connectivity index (χ0) is 40.1. The van der Waals surface area contributed by atoms with Gasteiger partial charge in [0.2, 0.25) is 0 Å². The second kappa shape index (κ2) is 14.9. The molecule has 14 nitrogen and oxygen atoms in total. The largest absolute Gasteiger partial charge is 0.497 e. The number of hydrogen-bond donors (Lipinski definition) is 1. The van der Waals surface area contributed by atoms with Crippen LogP contribution in [0.1, 0.15) is 30.2 Å². The van der Waals surface area contributed by atoms with Gasteiger partial charge in [0.25, 0.3) is 17.5 Å². The minimum absolute atomic E-state index is 0.0371. The molecule has 3 aliphatic heterocycles. The highest BCUT2D eigenvalue weighted by atomic mass is 28.3. The van der Waals surface area contributed by atoms with Crippen LogP contribution in [0.5, 0.6) is 11.5 Å². The Morgan fingerprint density at radius 1 is 1.02 bits per heavy atom. The van der Waals surface area contributed by atoms with Gasteiger partial charge in [0, 0.05) is 55.1 Å². The zero-order valence-corrected chi connectivity index (χ0v) is 33.2. The molecule has 1 N–H and O–H groups in total. The van der Waals surface area contributed by atoms with Crippen molar-refractivity contribution in [3.63, 3.8) is 0 Å². The monoisotopic (exact) mass is 788 g/mol. The molecule has 1 spiro atoms. The number of anilines is 3. The summed E-state index contributed by atoms with van der Waals surface area (Å²) in [6.45, 7) is 7.14. The van der Waals surface area contributed by atoms with E-state index in [4.69, 9.17) is 14.2 Å². The number of hydrogen-bond acceptors (Lipinski definition) is 10. The van der Waals surface area contributed by atoms with Crippen LogP contribution in [0.25, 0.3) is 0 Å². The molecule has 1 saturated heterocycles. The summed E-state index contributed by atoms with van der Waals surface area (Å²) in [6.07, 6.45) is 2.29. The van der Waals surface area contributed by atoms with Crippen LogP contribution in [0.2, 0.25) is 18.6 Å². The Morgan fingerprint density at radius 2 is 1.77 bits per heavy atom. The van der Waals surface area contributed by atoms with Gasteiger partial charge < -0.3 is 24.2 Å². The molecule has 1 fully saturated rings. The predicted molar refractivity (Wildman–Crippen MR) is 215 cm³/mol. The number of nitro groups is 1. The Labute approximate surface area is 330 Å². The van der Waals surface area contributed by atoms with Gasteiger partial charge in [-0.05, 0) is 60.0 Å². The van der Waals surface area contributed by atoms with E-state index in [-0.39, 0.29) is 48.7 Å². The Bertz CT molecular complexity index is 2330. The number of nitrogens with zero attached hydrogens (tertiary/aromatic N) is 6. The molecule has 2 amide bonds. The van der Waals surface area contributed by atoms with Crippen LogP contribution in [-0.4, -0.2) is 71.3 Å². The van der Waals surface area contributed by atoms with Gasteiger partial charge in [0.15, 0.2) is 12.2 Å². The third kappa shape index (κ3) is 6.54. The van der Waals surface area contributed by atoms with E-state index in [2.05, 4.69) is 35.5 Å². The Hall–Kier alpha value is -5.90. The van der Waals surface area contributed by atoms with E-state index in [1.165, 1.54) is 17.3 Å². The van der Waals surface area contributed by atoms with E-state index < -0.39 is 24.7 Å². The summed E-state index contributed by atoms with van der Waals surface area (Å²) in [7, 11) is -0.856. The van der Waals surface area contributed by atoms with Gasteiger partial charge in [-0.3, -0.25) is 29.3 Å². The fourth-order valence-corrected chi connectivity index (χ4v) is 13.2. The van der Waals surface area contributed by atoms with Crippen molar-refractivity contribution in [1.82, 2.24) is 15.0 Å². The average Bonchev–Trinajstić information content (AvgIpc) is 3.87. The maximum atomic E-state index is 15.3. The van der Waals surface area contributed by atoms with Gasteiger partial charge in [-0.25, -0.2) is 0 Å². The highest BCUT2D eigenvalue weighted by molar-refractivity contribution is 6.91. The van der Waals surface area contributed by atoms with Crippen molar-refractivity contribution >= 4 is 47.8 Å². The van der Waals surface area contributed by atoms with E-state index >= 15 is 4.79 Å². The highest BCUT2D eigenvalue weighted by Crippen LogP contribution is 2.60. The third-order valence-corrected chi connectivity index (χ3v) is 16.2. The molecular weight excluding hydrogens is 745 g/mol. The average molecular weight is 789 g/mol. The van der Waals surface area contributed by atoms with Crippen LogP contribution in [0.4, 0.5) is 22.7 Å². The van der Waals surface area contributed by atoms with Crippen molar-refractivity contribution in [2.24, 2.45) is 5.92 Å². The quantitative estimate of drug-likeness (QED) is 0.0952. The minimum Gasteiger partial charge on any atom is -0.497 e. The predicted octanol–water partition coefficient (Wildman–Crippen LogP) is 5.64. The summed E-state index contributed by atoms with van der Waals surface area (Å²) in [5.74, 6) is 0.521. The number of aromatic nitrogens is 3. The van der Waals surface area contributed by atoms with Crippen molar-refractivity contribution in [1.29, 1.82) is 0 Å². The molecule has 0 bridgehead atoms. The van der Waals surface area contributed by atoms with Crippen molar-refractivity contribution in [2.45, 2.75) is 63.2 Å². The molecule has 1 aromatic heterocycles. The molecule has 8 rings (SSSR count). The number of fused-ring (bicyclic) bond motifs is 3. The van der Waals surface area contributed by atoms with E-state index in [1.807, 2.05) is 73.8 Å². The molecule has 5 aromatic rings. The van der Waals surface area contributed by atoms with E-state index in [0.29, 0.717) is 53.5 Å². The van der Waals surface area contributed by atoms with Gasteiger partial charge in [0.1, 0.15) is 11.5 Å². The van der Waals surface area contributed by atoms with Gasteiger partial charge >= 0.3 is 0 Å². The number of aryl methyl sites for hydroxylation is 1. The van der Waals surface area contributed by atoms with Crippen molar-refractivity contribution in [2.75, 3.05) is 30.1 Å². The van der Waals surface area contributed by atoms with Gasteiger partial charge in [-0.15, -0.1) is 5.10 Å². The van der Waals surface area contributed by atoms with Crippen LogP contribution < -0.4 is 24.5 Å². The van der Waals surface area contributed by atoms with Gasteiger partial charge in [-0.1, -0.05) is 66.8 Å². The van der Waals surface area contributed by atoms with Crippen LogP contribution in [0, 0.1) is 16.0 Å². The Balaban J connectivity index is 1.16. The molecule has 0 saturated carbocycles. The molecule has 15 heteroatoms. The van der Waals surface area contributed by atoms with Crippen LogP contribution in [-0.2, 0) is 39.4 Å². The fraction of sp³-hybridized carbons (Fsp3) is 0.333. The van der Waals surface area contributed by atoms with E-state index in [1.54, 1.807) is 27.7 Å². The first kappa shape index (κ1) is 38.0. The second-order valence-electron chi connectivity index (χ2n) is 15.4. The highest BCUT2D eigenvalue weighted by Gasteiger charge is 2.66. The van der Waals surface area contributed by atoms with E-state index in [9.17, 15) is 20.0 Å². The normalized spacial score (nSPS) is 21.5. The molecule has 0 unspecified atom stereocenters. The number of para-hydroxylation sites is 2. The Morgan fingerprint density at radius 3 is 2.49 bits per heavy atom. The zero-order valence-electron chi connectivity index (χ0n) is 32.2. The minimum atomic E-state index is -2.49. The summed E-state index contributed by atoms with van der Waals surface area (Å²) in [4.78, 5) is 43.4. The summed E-state index contributed by atoms with van der Waals surface area (Å²) in [6, 6.07) is 27.5. The number of carbonyl (C=O) groups excluding carboxylic acids is 2. The third-order valence-electron chi connectivity index (χ3n) is 11.9. The molecule has 57 heavy (non-hydrogen) atoms. The summed E-state index contributed by atoms with van der Waals surface area (Å²) < 4.78 is 20.0. The van der Waals surface area contributed by atoms with Crippen LogP contribution >= 0.6 is 0 Å². The molecule has 4 atom stereocenters. The molecule has 294 valence electrons. The first-order valence-corrected chi connectivity index (χ1v) is 22.1. The number of methoxy groups -OCH3 is 1. The maximum absolute atomic E-state index is 15.3. The van der Waals surface area contributed by atoms with Crippen LogP contribution in [0.15, 0.2) is 97.2 Å². The molecule has 0 aliphatic carbocycles. The standard InChI is InChI=1S/C42H44N6O8Si/c1-27-40(57(3,4)33-16-14-32(54-2)15-17-33)38(19-21-45-25-29(20-22-49)43-44-45)56-42(27)34-23-31(48(52)53)13-18-35(34)46(41(42)51)24-28-9-11-30(12-10-28)47-36-7-5-6-8-37(36)55-26-39(47)50/h5-18,23,25,27,38,40,49H,19-22,24,26H2,1-4H3/t27-,38+,40-,42+/m0/s1. The molecule has 4 heterocycles. The van der Waals surface area contributed by atoms with Crippen molar-refractivity contribution < 1.29 is 33.8 Å². The fourth-order valence-electron chi connectivity index (χ4n) is 9.10. The number of benzene rings is 4. The molecule has 0 radical (unpaired) electrons. The first-order valence-electron chi connectivity index (χ1n) is 19.0. The molecule has 4 aromatic carbocycles. The number of amides is 2. The SMILES string of the molecule is COc1ccc([Si](C)(C)[C@@H]2[C@@H](CCn3cc(CCO)nn3)O[C@]3(C(=O)N(Cc4ccc(N5C(=O)COc6ccccc65)cc4)c4ccc([N+](=O)[O-])cc43)[C@H]2C)cc1. The molecule has 3 aliphatic rings. The topological polar surface area (TPSA) is 162 Å². The second-order valence-corrected chi connectivity index (χ2v) is 20.1. The number of non-ortho nitro benzene ring substituents is 1. The van der Waals surface area contributed by atoms with Gasteiger partial charge in [-0.2, -0.15) is 0 Å². The lowest BCUT2D eigenvalue weighted by Crippen LogP contribution is -2.51. The lowest BCUT2D eigenvalue weighted by Gasteiger charge is -2.37. The summed E-state index contributed by atoms with van der Waals surface area (Å²) >= 11 is 0. The molecular formula is C42H44N6O8Si. The van der Waals surface area contributed by atoms with Crippen molar-refractivity contribution in [3.8, 4) is 11.5 Å². The lowest BCUT2D eigenvalue weighted by atomic mass is 9.82. The van der Waals surface area contributed by atoms with Crippen molar-refractivity contribution in [3.05, 3.63) is 124 Å². The summed E-state index contributed by atoms with van der Waals surface area (Å²) in [5.41, 5.74) is 2.13. The number of aliphatic hydroxyl groups is 1. The number of nitro benzene ring substituents is 1. The smallest absolute Gasteiger partial charge is 0.269 e. The number of carbonyl (C=O) groups is 2. The number of ether oxygens (including phenoxy) is 3. The van der Waals surface area contributed by atoms with Gasteiger partial charge in [0.05, 0.1) is 49.8 Å². The van der Waals surface area contributed by atoms with E-state index in [0.717, 1.165) is 11.3 Å².